The highest BCUT2D eigenvalue weighted by Crippen LogP contribution is 2.42. The van der Waals surface area contributed by atoms with Crippen LogP contribution >= 0.6 is 38.6 Å². The molecule has 9 aromatic carbocycles. The quantitative estimate of drug-likeness (QED) is 0.0439. The standard InChI is InChI=1S/C22H23N3O3.C20H22N2O3.C19H19BrN2O3.C19H15N3OS.C17H11N3O2.C17H11N3OS/c1-3-26-19-12-11-17(14-20(19)27-4-2)21-24-22(28-25-21)16-9-7-15(8-10-16)18-6-5-13-23-18;1-5-23-17-10-9-16(12-18(17)24-6-2)20-21-19(22-25-20)15-8-7-13(3)14(4)11-15;1-4-23-16-9-7-14(11-17(16)24-5-2)19-21-18(22-25-19)13-6-8-15(20)12(3)10-13;1-12-11-20-9-8-15(12)18-21-19(23-22-18)17-10-16(13(2)24-17)14-6-4-3-5-7-14;1-3-13(15-5-2-10-21-15)11-14(4-1)17-19-16(20-22-17)12-6-8-18-9-7-12;1-3-13(15-5-2-10-22-15)11-14(4-1)17-19-16(20-21-17)12-6-8-18-9-7-12/h7-12,14H,3-6,13H2,1-2H3;7-12H,5-6H2,1-4H3;6-11H,4-5H2,1-3H3;3-11H,1-2H3;2*1-11H. The second kappa shape index (κ2) is 49.1. The molecule has 32 heteroatoms. The van der Waals surface area contributed by atoms with Gasteiger partial charge in [0.05, 0.1) is 50.8 Å². The van der Waals surface area contributed by atoms with Crippen molar-refractivity contribution in [2.75, 3.05) is 46.2 Å². The lowest BCUT2D eigenvalue weighted by molar-refractivity contribution is 0.288. The number of aromatic nitrogens is 15. The number of furan rings is 1. The van der Waals surface area contributed by atoms with Crippen LogP contribution in [0, 0.1) is 34.6 Å². The van der Waals surface area contributed by atoms with Gasteiger partial charge in [0.15, 0.2) is 34.5 Å². The summed E-state index contributed by atoms with van der Waals surface area (Å²) in [5.74, 6) is 11.2. The third-order valence-electron chi connectivity index (χ3n) is 22.6. The monoisotopic (exact) mass is 2040 g/mol. The van der Waals surface area contributed by atoms with E-state index in [2.05, 4.69) is 184 Å². The zero-order valence-electron chi connectivity index (χ0n) is 81.9. The van der Waals surface area contributed by atoms with Crippen LogP contribution in [-0.2, 0) is 0 Å². The van der Waals surface area contributed by atoms with Crippen LogP contribution in [0.3, 0.4) is 0 Å². The molecule has 0 spiro atoms. The number of pyridine rings is 3. The summed E-state index contributed by atoms with van der Waals surface area (Å²) in [6.07, 6.45) is 14.2. The van der Waals surface area contributed by atoms with E-state index in [-0.39, 0.29) is 0 Å². The topological polar surface area (TPSA) is 353 Å². The van der Waals surface area contributed by atoms with Gasteiger partial charge in [-0.3, -0.25) is 19.9 Å². The van der Waals surface area contributed by atoms with Crippen LogP contribution in [0.4, 0.5) is 0 Å². The van der Waals surface area contributed by atoms with Gasteiger partial charge in [0, 0.05) is 130 Å². The molecule has 0 saturated heterocycles. The Labute approximate surface area is 859 Å². The first-order valence-electron chi connectivity index (χ1n) is 47.4. The van der Waals surface area contributed by atoms with Crippen LogP contribution in [0.15, 0.2) is 345 Å². The molecule has 29 nitrogen and oxygen atoms in total. The largest absolute Gasteiger partial charge is 0.490 e. The van der Waals surface area contributed by atoms with E-state index in [1.807, 2.05) is 250 Å². The molecule has 1 aliphatic heterocycles. The first-order chi connectivity index (χ1) is 71.5. The lowest BCUT2D eigenvalue weighted by atomic mass is 10.1. The Kier molecular flexibility index (Phi) is 33.7. The summed E-state index contributed by atoms with van der Waals surface area (Å²) in [6, 6.07) is 82.7. The van der Waals surface area contributed by atoms with E-state index in [1.165, 1.54) is 37.7 Å². The van der Waals surface area contributed by atoms with Gasteiger partial charge in [0.25, 0.3) is 35.3 Å². The molecule has 0 N–H and O–H groups in total. The fourth-order valence-electron chi connectivity index (χ4n) is 15.2. The highest BCUT2D eigenvalue weighted by Gasteiger charge is 2.24. The molecule has 146 heavy (non-hydrogen) atoms. The summed E-state index contributed by atoms with van der Waals surface area (Å²) in [5, 5.41) is 26.6. The molecule has 21 aromatic rings. The van der Waals surface area contributed by atoms with Gasteiger partial charge in [-0.15, -0.1) is 22.7 Å². The fraction of sp³-hybridized carbons (Fsp3) is 0.175. The van der Waals surface area contributed by atoms with Crippen molar-refractivity contribution < 1.29 is 60.0 Å². The maximum absolute atomic E-state index is 5.68. The van der Waals surface area contributed by atoms with Crippen LogP contribution in [0.25, 0.3) is 169 Å². The van der Waals surface area contributed by atoms with Crippen molar-refractivity contribution in [3.8, 4) is 204 Å². The predicted octanol–water partition coefficient (Wildman–Crippen LogP) is 28.6. The van der Waals surface area contributed by atoms with Crippen LogP contribution in [0.2, 0.25) is 0 Å². The van der Waals surface area contributed by atoms with Gasteiger partial charge in [-0.25, -0.2) is 0 Å². The minimum absolute atomic E-state index is 0.444. The number of nitrogens with zero attached hydrogens (tertiary/aromatic N) is 16. The molecule has 0 amide bonds. The Morgan fingerprint density at radius 1 is 0.301 bits per heavy atom. The minimum Gasteiger partial charge on any atom is -0.490 e. The van der Waals surface area contributed by atoms with Crippen molar-refractivity contribution in [2.45, 2.75) is 89.0 Å². The van der Waals surface area contributed by atoms with Crippen LogP contribution < -0.4 is 28.4 Å². The van der Waals surface area contributed by atoms with Gasteiger partial charge in [-0.05, 0) is 309 Å². The highest BCUT2D eigenvalue weighted by atomic mass is 79.9. The maximum atomic E-state index is 5.68. The molecule has 1 aliphatic rings. The zero-order chi connectivity index (χ0) is 101. The van der Waals surface area contributed by atoms with Gasteiger partial charge < -0.3 is 60.0 Å². The molecule has 0 radical (unpaired) electrons. The average molecular weight is 2050 g/mol. The molecular formula is C114H101BrN16O13S2. The normalized spacial score (nSPS) is 11.3. The summed E-state index contributed by atoms with van der Waals surface area (Å²) in [7, 11) is 0. The first-order valence-corrected chi connectivity index (χ1v) is 49.9. The van der Waals surface area contributed by atoms with E-state index in [0.717, 1.165) is 124 Å². The van der Waals surface area contributed by atoms with Gasteiger partial charge in [0.1, 0.15) is 5.76 Å². The van der Waals surface area contributed by atoms with E-state index in [4.69, 9.17) is 60.0 Å². The number of aliphatic imine (C=N–C) groups is 1. The van der Waals surface area contributed by atoms with E-state index < -0.39 is 0 Å². The Balaban J connectivity index is 0.000000120. The Hall–Kier alpha value is -17.1. The van der Waals surface area contributed by atoms with E-state index in [1.54, 1.807) is 66.1 Å². The van der Waals surface area contributed by atoms with E-state index in [0.29, 0.717) is 144 Å². The van der Waals surface area contributed by atoms with Crippen molar-refractivity contribution in [2.24, 2.45) is 4.99 Å². The van der Waals surface area contributed by atoms with E-state index >= 15 is 0 Å². The number of hydrogen-bond acceptors (Lipinski definition) is 31. The van der Waals surface area contributed by atoms with Gasteiger partial charge in [-0.2, -0.15) is 29.9 Å². The number of aryl methyl sites for hydroxylation is 5. The number of halogens is 1. The second-order valence-corrected chi connectivity index (χ2v) is 35.7. The fourth-order valence-corrected chi connectivity index (χ4v) is 17.2. The maximum Gasteiger partial charge on any atom is 0.268 e. The second-order valence-electron chi connectivity index (χ2n) is 32.6. The van der Waals surface area contributed by atoms with Crippen molar-refractivity contribution >= 4 is 44.3 Å². The summed E-state index contributed by atoms with van der Waals surface area (Å²) in [5.41, 5.74) is 21.0. The molecule has 0 unspecified atom stereocenters. The molecule has 22 rings (SSSR count). The molecule has 12 aromatic heterocycles. The van der Waals surface area contributed by atoms with Gasteiger partial charge >= 0.3 is 0 Å². The number of hydrogen-bond donors (Lipinski definition) is 0. The predicted molar refractivity (Wildman–Crippen MR) is 568 cm³/mol. The third kappa shape index (κ3) is 25.3. The first kappa shape index (κ1) is 100. The van der Waals surface area contributed by atoms with E-state index in [9.17, 15) is 0 Å². The van der Waals surface area contributed by atoms with Crippen molar-refractivity contribution in [3.63, 3.8) is 0 Å². The smallest absolute Gasteiger partial charge is 0.268 e. The number of benzene rings is 9. The summed E-state index contributed by atoms with van der Waals surface area (Å²) < 4.78 is 72.9. The summed E-state index contributed by atoms with van der Waals surface area (Å²) in [4.78, 5) is 47.1. The Bertz CT molecular complexity index is 7570. The van der Waals surface area contributed by atoms with Gasteiger partial charge in [-0.1, -0.05) is 132 Å². The Morgan fingerprint density at radius 3 is 1.22 bits per heavy atom. The lowest BCUT2D eigenvalue weighted by Crippen LogP contribution is -1.98. The Morgan fingerprint density at radius 2 is 0.726 bits per heavy atom. The molecule has 0 aliphatic carbocycles. The van der Waals surface area contributed by atoms with Gasteiger partial charge in [0.2, 0.25) is 34.9 Å². The molecule has 0 bridgehead atoms. The van der Waals surface area contributed by atoms with Crippen LogP contribution in [-0.4, -0.2) is 128 Å². The molecular weight excluding hydrogens is 1950 g/mol. The van der Waals surface area contributed by atoms with Crippen LogP contribution in [0.5, 0.6) is 34.5 Å². The molecule has 0 saturated carbocycles. The SMILES string of the molecule is CCOc1ccc(-c2nc(-c3ccc(Br)c(C)c3)no2)cc1OCC.CCOc1ccc(-c2nc(-c3ccc(C)c(C)c3)no2)cc1OCC.CCOc1ccc(-c2noc(-c3ccc(C4=NCCC4)cc3)n2)cc1OCC.Cc1cnccc1-c1noc(-c2cc(-c3ccccc3)c(C)s2)n1.c1cc(-c2ccco2)cc(-c2nc(-c3ccncc3)no2)c1.c1cc(-c2nc(-c3ccncc3)no2)cc(-c2cccs2)c1. The molecule has 13 heterocycles. The number of rotatable bonds is 28. The lowest BCUT2D eigenvalue weighted by Gasteiger charge is -2.11. The van der Waals surface area contributed by atoms with Crippen molar-refractivity contribution in [1.82, 2.24) is 75.8 Å². The molecule has 0 atom stereocenters. The summed E-state index contributed by atoms with van der Waals surface area (Å²) >= 11 is 6.87. The average Bonchev–Trinajstić information content (AvgIpc) is 1.66. The molecule has 0 fully saturated rings. The van der Waals surface area contributed by atoms with Crippen molar-refractivity contribution in [3.05, 3.63) is 341 Å². The summed E-state index contributed by atoms with van der Waals surface area (Å²) in [6.45, 7) is 26.2. The minimum atomic E-state index is 0.444. The van der Waals surface area contributed by atoms with Crippen LogP contribution in [0.1, 0.15) is 87.1 Å². The van der Waals surface area contributed by atoms with Crippen molar-refractivity contribution in [1.29, 1.82) is 0 Å². The number of thiophene rings is 2. The number of ether oxygens (including phenoxy) is 6. The highest BCUT2D eigenvalue weighted by molar-refractivity contribution is 9.10. The molecule has 734 valence electrons. The third-order valence-corrected chi connectivity index (χ3v) is 25.5. The zero-order valence-corrected chi connectivity index (χ0v) is 85.1.